The van der Waals surface area contributed by atoms with Gasteiger partial charge >= 0.3 is 0 Å². The highest BCUT2D eigenvalue weighted by Gasteiger charge is 2.13. The first-order chi connectivity index (χ1) is 16.3. The molecule has 2 aromatic carbocycles. The second kappa shape index (κ2) is 14.4. The molecule has 3 aromatic rings. The molecule has 1 heterocycles. The molecule has 0 fully saturated rings. The zero-order chi connectivity index (χ0) is 23.1. The minimum Gasteiger partial charge on any atom is -0.287 e. The molecule has 3 heteroatoms. The molecule has 0 N–H and O–H groups in total. The second-order valence-corrected chi connectivity index (χ2v) is 9.03. The Bertz CT molecular complexity index is 951. The van der Waals surface area contributed by atoms with E-state index in [1.54, 1.807) is 6.20 Å². The number of aryl methyl sites for hydroxylation is 1. The van der Waals surface area contributed by atoms with Gasteiger partial charge in [0.2, 0.25) is 12.3 Å². The van der Waals surface area contributed by atoms with Crippen LogP contribution in [0.5, 0.6) is 0 Å². The molecule has 0 atom stereocenters. The molecule has 0 saturated heterocycles. The Morgan fingerprint density at radius 2 is 1.42 bits per heavy atom. The summed E-state index contributed by atoms with van der Waals surface area (Å²) < 4.78 is 1.91. The number of carbonyl (C=O) groups is 1. The maximum Gasteiger partial charge on any atom is 0.227 e. The van der Waals surface area contributed by atoms with Crippen molar-refractivity contribution < 1.29 is 9.36 Å². The van der Waals surface area contributed by atoms with Gasteiger partial charge in [0.25, 0.3) is 0 Å². The summed E-state index contributed by atoms with van der Waals surface area (Å²) in [7, 11) is 0. The van der Waals surface area contributed by atoms with Gasteiger partial charge in [0, 0.05) is 11.1 Å². The Morgan fingerprint density at radius 1 is 0.788 bits per heavy atom. The maximum atomic E-state index is 12.5. The van der Waals surface area contributed by atoms with Crippen molar-refractivity contribution in [3.05, 3.63) is 84.3 Å². The molecule has 3 nitrogen and oxygen atoms in total. The lowest BCUT2D eigenvalue weighted by Gasteiger charge is -2.05. The van der Waals surface area contributed by atoms with Crippen LogP contribution >= 0.6 is 0 Å². The van der Waals surface area contributed by atoms with Crippen LogP contribution in [0.3, 0.4) is 0 Å². The van der Waals surface area contributed by atoms with Gasteiger partial charge in [0.15, 0.2) is 12.4 Å². The number of unbranched alkanes of at least 4 members (excludes halogenated alkanes) is 9. The third kappa shape index (κ3) is 8.92. The van der Waals surface area contributed by atoms with Crippen LogP contribution < -0.4 is 4.57 Å². The smallest absolute Gasteiger partial charge is 0.227 e. The lowest BCUT2D eigenvalue weighted by molar-refractivity contribution is -0.683. The molecule has 0 amide bonds. The molecule has 0 aliphatic carbocycles. The van der Waals surface area contributed by atoms with E-state index in [0.717, 1.165) is 23.2 Å². The summed E-state index contributed by atoms with van der Waals surface area (Å²) in [4.78, 5) is 17.0. The maximum absolute atomic E-state index is 12.5. The molecule has 1 aromatic heterocycles. The van der Waals surface area contributed by atoms with Gasteiger partial charge in [0.1, 0.15) is 5.69 Å². The highest BCUT2D eigenvalue weighted by atomic mass is 16.1. The lowest BCUT2D eigenvalue weighted by atomic mass is 10.0. The number of hydrogen-bond donors (Lipinski definition) is 0. The normalized spacial score (nSPS) is 10.9. The van der Waals surface area contributed by atoms with Crippen LogP contribution in [0.15, 0.2) is 73.2 Å². The zero-order valence-corrected chi connectivity index (χ0v) is 20.2. The second-order valence-electron chi connectivity index (χ2n) is 9.03. The number of hydrogen-bond acceptors (Lipinski definition) is 2. The summed E-state index contributed by atoms with van der Waals surface area (Å²) in [5, 5.41) is 0. The van der Waals surface area contributed by atoms with Crippen LogP contribution in [0.4, 0.5) is 0 Å². The van der Waals surface area contributed by atoms with Crippen molar-refractivity contribution in [2.45, 2.75) is 84.1 Å². The minimum absolute atomic E-state index is 0.101. The van der Waals surface area contributed by atoms with Gasteiger partial charge < -0.3 is 0 Å². The van der Waals surface area contributed by atoms with Crippen molar-refractivity contribution in [1.82, 2.24) is 4.98 Å². The topological polar surface area (TPSA) is 33.8 Å². The number of Topliss-reactive ketones (excluding diaryl/α,β-unsaturated/α-hetero) is 1. The van der Waals surface area contributed by atoms with Crippen LogP contribution in [0.25, 0.3) is 11.3 Å². The molecule has 0 aliphatic rings. The molecule has 0 aliphatic heterocycles. The highest BCUT2D eigenvalue weighted by Crippen LogP contribution is 2.18. The molecule has 3 rings (SSSR count). The van der Waals surface area contributed by atoms with Gasteiger partial charge in [-0.2, -0.15) is 4.57 Å². The standard InChI is InChI=1S/C30H39N2O/c1-2-3-4-5-6-7-8-9-10-12-15-26-18-20-27(21-19-26)29-24-32(23-22-31-29)25-30(33)28-16-13-11-14-17-28/h11,13-14,16-24H,2-10,12,15,25H2,1H3/q+1. The van der Waals surface area contributed by atoms with Crippen molar-refractivity contribution >= 4 is 5.78 Å². The van der Waals surface area contributed by atoms with E-state index in [1.165, 1.54) is 69.8 Å². The van der Waals surface area contributed by atoms with Gasteiger partial charge in [-0.25, -0.2) is 4.98 Å². The number of carbonyl (C=O) groups excluding carboxylic acids is 1. The first-order valence-corrected chi connectivity index (χ1v) is 12.8. The molecule has 0 radical (unpaired) electrons. The number of nitrogens with zero attached hydrogens (tertiary/aromatic N) is 2. The van der Waals surface area contributed by atoms with Crippen LogP contribution in [0.1, 0.15) is 87.1 Å². The summed E-state index contributed by atoms with van der Waals surface area (Å²) in [5.41, 5.74) is 4.10. The quantitative estimate of drug-likeness (QED) is 0.139. The van der Waals surface area contributed by atoms with Crippen LogP contribution in [-0.2, 0) is 13.0 Å². The summed E-state index contributed by atoms with van der Waals surface area (Å²) in [6.45, 7) is 2.59. The van der Waals surface area contributed by atoms with Crippen molar-refractivity contribution in [2.75, 3.05) is 0 Å². The van der Waals surface area contributed by atoms with E-state index in [-0.39, 0.29) is 5.78 Å². The summed E-state index contributed by atoms with van der Waals surface area (Å²) in [5.74, 6) is 0.101. The van der Waals surface area contributed by atoms with Crippen molar-refractivity contribution in [2.24, 2.45) is 0 Å². The molecule has 0 bridgehead atoms. The Labute approximate surface area is 199 Å². The number of aromatic nitrogens is 2. The highest BCUT2D eigenvalue weighted by molar-refractivity contribution is 5.94. The van der Waals surface area contributed by atoms with Gasteiger partial charge in [-0.05, 0) is 18.4 Å². The van der Waals surface area contributed by atoms with Crippen molar-refractivity contribution in [3.63, 3.8) is 0 Å². The fourth-order valence-electron chi connectivity index (χ4n) is 4.22. The molecule has 0 saturated carbocycles. The van der Waals surface area contributed by atoms with E-state index in [1.807, 2.05) is 47.3 Å². The first kappa shape index (κ1) is 24.8. The average molecular weight is 444 g/mol. The Balaban J connectivity index is 1.41. The van der Waals surface area contributed by atoms with Crippen LogP contribution in [0.2, 0.25) is 0 Å². The molecular weight excluding hydrogens is 404 g/mol. The molecule has 33 heavy (non-hydrogen) atoms. The zero-order valence-electron chi connectivity index (χ0n) is 20.2. The Morgan fingerprint density at radius 3 is 2.09 bits per heavy atom. The van der Waals surface area contributed by atoms with Crippen LogP contribution in [0, 0.1) is 0 Å². The third-order valence-electron chi connectivity index (χ3n) is 6.25. The van der Waals surface area contributed by atoms with Crippen molar-refractivity contribution in [1.29, 1.82) is 0 Å². The Kier molecular flexibility index (Phi) is 10.8. The predicted molar refractivity (Wildman–Crippen MR) is 136 cm³/mol. The van der Waals surface area contributed by atoms with Crippen LogP contribution in [-0.4, -0.2) is 10.8 Å². The monoisotopic (exact) mass is 443 g/mol. The summed E-state index contributed by atoms with van der Waals surface area (Å²) in [6.07, 6.45) is 20.4. The predicted octanol–water partition coefficient (Wildman–Crippen LogP) is 7.38. The number of benzene rings is 2. The summed E-state index contributed by atoms with van der Waals surface area (Å²) in [6, 6.07) is 18.2. The molecule has 0 unspecified atom stereocenters. The fraction of sp³-hybridized carbons (Fsp3) is 0.433. The van der Waals surface area contributed by atoms with E-state index >= 15 is 0 Å². The first-order valence-electron chi connectivity index (χ1n) is 12.8. The summed E-state index contributed by atoms with van der Waals surface area (Å²) >= 11 is 0. The van der Waals surface area contributed by atoms with E-state index in [9.17, 15) is 4.79 Å². The number of ketones is 1. The molecular formula is C30H39N2O+. The van der Waals surface area contributed by atoms with Gasteiger partial charge in [-0.1, -0.05) is 119 Å². The van der Waals surface area contributed by atoms with Gasteiger partial charge in [0.05, 0.1) is 6.20 Å². The largest absolute Gasteiger partial charge is 0.287 e. The van der Waals surface area contributed by atoms with Crippen molar-refractivity contribution in [3.8, 4) is 11.3 Å². The third-order valence-corrected chi connectivity index (χ3v) is 6.25. The van der Waals surface area contributed by atoms with E-state index in [2.05, 4.69) is 36.2 Å². The van der Waals surface area contributed by atoms with E-state index in [4.69, 9.17) is 0 Å². The van der Waals surface area contributed by atoms with E-state index < -0.39 is 0 Å². The lowest BCUT2D eigenvalue weighted by Crippen LogP contribution is -2.37. The average Bonchev–Trinajstić information content (AvgIpc) is 2.86. The number of rotatable bonds is 15. The molecule has 0 spiro atoms. The molecule has 174 valence electrons. The Hall–Kier alpha value is -2.81. The fourth-order valence-corrected chi connectivity index (χ4v) is 4.22. The van der Waals surface area contributed by atoms with E-state index in [0.29, 0.717) is 6.54 Å². The van der Waals surface area contributed by atoms with Gasteiger partial charge in [-0.15, -0.1) is 0 Å². The van der Waals surface area contributed by atoms with Gasteiger partial charge in [-0.3, -0.25) is 4.79 Å². The SMILES string of the molecule is CCCCCCCCCCCCc1ccc(-c2c[n+](CC(=O)c3ccccc3)ccn2)cc1. The minimum atomic E-state index is 0.101.